The van der Waals surface area contributed by atoms with Gasteiger partial charge in [0.2, 0.25) is 0 Å². The van der Waals surface area contributed by atoms with Crippen LogP contribution in [0.15, 0.2) is 12.1 Å². The molecule has 0 spiro atoms. The van der Waals surface area contributed by atoms with Crippen LogP contribution in [0.25, 0.3) is 0 Å². The summed E-state index contributed by atoms with van der Waals surface area (Å²) in [5, 5.41) is 19.3. The molecule has 0 bridgehead atoms. The number of hydrogen-bond acceptors (Lipinski definition) is 3. The molecule has 0 radical (unpaired) electrons. The average Bonchev–Trinajstić information content (AvgIpc) is 2.18. The van der Waals surface area contributed by atoms with Crippen LogP contribution in [-0.4, -0.2) is 16.5 Å². The second kappa shape index (κ2) is 4.56. The highest BCUT2D eigenvalue weighted by Gasteiger charge is 2.18. The Hall–Kier alpha value is -1.51. The van der Waals surface area contributed by atoms with Crippen molar-refractivity contribution in [1.82, 2.24) is 0 Å². The third-order valence-electron chi connectivity index (χ3n) is 2.57. The summed E-state index contributed by atoms with van der Waals surface area (Å²) in [5.41, 5.74) is 1.47. The molecule has 0 aliphatic rings. The van der Waals surface area contributed by atoms with Crippen LogP contribution in [0.5, 0.6) is 11.5 Å². The van der Waals surface area contributed by atoms with Crippen molar-refractivity contribution in [3.63, 3.8) is 0 Å². The number of aryl methyl sites for hydroxylation is 1. The lowest BCUT2D eigenvalue weighted by atomic mass is 9.85. The number of benzene rings is 1. The van der Waals surface area contributed by atoms with E-state index in [1.807, 2.05) is 26.8 Å². The predicted octanol–water partition coefficient (Wildman–Crippen LogP) is 2.53. The van der Waals surface area contributed by atoms with Crippen LogP contribution in [-0.2, 0) is 16.6 Å². The van der Waals surface area contributed by atoms with Gasteiger partial charge in [-0.2, -0.15) is 0 Å². The van der Waals surface area contributed by atoms with E-state index in [0.717, 1.165) is 11.8 Å². The zero-order valence-electron chi connectivity index (χ0n) is 9.95. The molecule has 0 aromatic heterocycles. The fourth-order valence-corrected chi connectivity index (χ4v) is 1.52. The third kappa shape index (κ3) is 2.75. The van der Waals surface area contributed by atoms with E-state index in [2.05, 4.69) is 0 Å². The molecule has 0 unspecified atom stereocenters. The monoisotopic (exact) mass is 222 g/mol. The standard InChI is InChI=1S/C13H18O3/c1-13(2,3)10-7-9(5-4-6-14)12(16)11(15)8-10/h6-8,15-16H,4-5H2,1-3H3. The van der Waals surface area contributed by atoms with Gasteiger partial charge in [-0.1, -0.05) is 26.8 Å². The average molecular weight is 222 g/mol. The summed E-state index contributed by atoms with van der Waals surface area (Å²) in [4.78, 5) is 10.3. The van der Waals surface area contributed by atoms with Crippen LogP contribution in [0.1, 0.15) is 38.3 Å². The van der Waals surface area contributed by atoms with E-state index in [1.165, 1.54) is 0 Å². The van der Waals surface area contributed by atoms with Gasteiger partial charge in [0, 0.05) is 6.42 Å². The van der Waals surface area contributed by atoms with E-state index in [0.29, 0.717) is 18.4 Å². The van der Waals surface area contributed by atoms with E-state index in [-0.39, 0.29) is 16.9 Å². The van der Waals surface area contributed by atoms with Crippen molar-refractivity contribution in [2.24, 2.45) is 0 Å². The van der Waals surface area contributed by atoms with Gasteiger partial charge in [-0.15, -0.1) is 0 Å². The Morgan fingerprint density at radius 2 is 1.88 bits per heavy atom. The molecule has 3 nitrogen and oxygen atoms in total. The number of carbonyl (C=O) groups excluding carboxylic acids is 1. The van der Waals surface area contributed by atoms with E-state index in [9.17, 15) is 15.0 Å². The topological polar surface area (TPSA) is 57.5 Å². The van der Waals surface area contributed by atoms with Gasteiger partial charge < -0.3 is 15.0 Å². The van der Waals surface area contributed by atoms with E-state index >= 15 is 0 Å². The Balaban J connectivity index is 3.16. The molecule has 0 atom stereocenters. The normalized spacial score (nSPS) is 11.4. The van der Waals surface area contributed by atoms with Gasteiger partial charge in [0.25, 0.3) is 0 Å². The Morgan fingerprint density at radius 1 is 1.25 bits per heavy atom. The van der Waals surface area contributed by atoms with E-state index < -0.39 is 0 Å². The summed E-state index contributed by atoms with van der Waals surface area (Å²) < 4.78 is 0. The highest BCUT2D eigenvalue weighted by molar-refractivity contribution is 5.53. The maximum atomic E-state index is 10.3. The van der Waals surface area contributed by atoms with Crippen molar-refractivity contribution in [3.05, 3.63) is 23.3 Å². The first-order chi connectivity index (χ1) is 7.36. The quantitative estimate of drug-likeness (QED) is 0.610. The minimum atomic E-state index is -0.117. The first-order valence-corrected chi connectivity index (χ1v) is 5.35. The molecule has 0 heterocycles. The molecule has 1 aromatic rings. The number of aldehydes is 1. The lowest BCUT2D eigenvalue weighted by molar-refractivity contribution is -0.107. The summed E-state index contributed by atoms with van der Waals surface area (Å²) in [6.07, 6.45) is 1.60. The molecule has 0 saturated heterocycles. The van der Waals surface area contributed by atoms with Gasteiger partial charge >= 0.3 is 0 Å². The zero-order chi connectivity index (χ0) is 12.3. The smallest absolute Gasteiger partial charge is 0.160 e. The van der Waals surface area contributed by atoms with Crippen molar-refractivity contribution >= 4 is 6.29 Å². The molecule has 1 rings (SSSR count). The number of aromatic hydroxyl groups is 2. The predicted molar refractivity (Wildman–Crippen MR) is 62.9 cm³/mol. The SMILES string of the molecule is CC(C)(C)c1cc(O)c(O)c(CCC=O)c1. The molecule has 0 amide bonds. The maximum absolute atomic E-state index is 10.3. The number of phenolic OH excluding ortho intramolecular Hbond substituents is 2. The maximum Gasteiger partial charge on any atom is 0.160 e. The van der Waals surface area contributed by atoms with E-state index in [1.54, 1.807) is 6.07 Å². The second-order valence-electron chi connectivity index (χ2n) is 4.96. The minimum Gasteiger partial charge on any atom is -0.504 e. The Bertz CT molecular complexity index is 389. The van der Waals surface area contributed by atoms with Crippen molar-refractivity contribution in [2.45, 2.75) is 39.0 Å². The number of hydrogen-bond donors (Lipinski definition) is 2. The van der Waals surface area contributed by atoms with Crippen molar-refractivity contribution in [3.8, 4) is 11.5 Å². The third-order valence-corrected chi connectivity index (χ3v) is 2.57. The van der Waals surface area contributed by atoms with Gasteiger partial charge in [-0.05, 0) is 29.0 Å². The Labute approximate surface area is 95.7 Å². The van der Waals surface area contributed by atoms with Crippen LogP contribution < -0.4 is 0 Å². The fourth-order valence-electron chi connectivity index (χ4n) is 1.52. The molecule has 0 fully saturated rings. The summed E-state index contributed by atoms with van der Waals surface area (Å²) in [5.74, 6) is -0.233. The number of carbonyl (C=O) groups is 1. The number of phenols is 2. The van der Waals surface area contributed by atoms with E-state index in [4.69, 9.17) is 0 Å². The van der Waals surface area contributed by atoms with Gasteiger partial charge in [-0.25, -0.2) is 0 Å². The van der Waals surface area contributed by atoms with Crippen molar-refractivity contribution in [1.29, 1.82) is 0 Å². The summed E-state index contributed by atoms with van der Waals surface area (Å²) in [7, 11) is 0. The van der Waals surface area contributed by atoms with Gasteiger partial charge in [0.15, 0.2) is 11.5 Å². The first kappa shape index (κ1) is 12.6. The highest BCUT2D eigenvalue weighted by atomic mass is 16.3. The first-order valence-electron chi connectivity index (χ1n) is 5.35. The molecule has 0 aliphatic carbocycles. The fraction of sp³-hybridized carbons (Fsp3) is 0.462. The van der Waals surface area contributed by atoms with Crippen molar-refractivity contribution in [2.75, 3.05) is 0 Å². The summed E-state index contributed by atoms with van der Waals surface area (Å²) >= 11 is 0. The van der Waals surface area contributed by atoms with Crippen LogP contribution in [0.2, 0.25) is 0 Å². The Kier molecular flexibility index (Phi) is 3.58. The van der Waals surface area contributed by atoms with Crippen LogP contribution >= 0.6 is 0 Å². The van der Waals surface area contributed by atoms with Gasteiger partial charge in [-0.3, -0.25) is 0 Å². The lowest BCUT2D eigenvalue weighted by Crippen LogP contribution is -2.11. The molecule has 1 aromatic carbocycles. The molecule has 16 heavy (non-hydrogen) atoms. The second-order valence-corrected chi connectivity index (χ2v) is 4.96. The van der Waals surface area contributed by atoms with Crippen LogP contribution in [0, 0.1) is 0 Å². The largest absolute Gasteiger partial charge is 0.504 e. The molecule has 3 heteroatoms. The van der Waals surface area contributed by atoms with Crippen LogP contribution in [0.3, 0.4) is 0 Å². The summed E-state index contributed by atoms with van der Waals surface area (Å²) in [6, 6.07) is 3.41. The highest BCUT2D eigenvalue weighted by Crippen LogP contribution is 2.35. The molecular formula is C13H18O3. The molecule has 0 aliphatic heterocycles. The van der Waals surface area contributed by atoms with Gasteiger partial charge in [0.1, 0.15) is 6.29 Å². The molecule has 0 saturated carbocycles. The molecular weight excluding hydrogens is 204 g/mol. The van der Waals surface area contributed by atoms with Gasteiger partial charge in [0.05, 0.1) is 0 Å². The van der Waals surface area contributed by atoms with Crippen molar-refractivity contribution < 1.29 is 15.0 Å². The molecule has 88 valence electrons. The zero-order valence-corrected chi connectivity index (χ0v) is 9.95. The Morgan fingerprint density at radius 3 is 2.38 bits per heavy atom. The number of rotatable bonds is 3. The lowest BCUT2D eigenvalue weighted by Gasteiger charge is -2.21. The molecule has 2 N–H and O–H groups in total. The minimum absolute atomic E-state index is 0.0961. The van der Waals surface area contributed by atoms with Crippen LogP contribution in [0.4, 0.5) is 0 Å². The summed E-state index contributed by atoms with van der Waals surface area (Å²) in [6.45, 7) is 6.09.